The predicted octanol–water partition coefficient (Wildman–Crippen LogP) is 1.15. The number of rotatable bonds is 7. The van der Waals surface area contributed by atoms with Crippen molar-refractivity contribution < 1.29 is 50.4 Å². The third-order valence-corrected chi connectivity index (χ3v) is 11.4. The average molecular weight is 799 g/mol. The van der Waals surface area contributed by atoms with E-state index < -0.39 is 45.6 Å². The van der Waals surface area contributed by atoms with Gasteiger partial charge in [0.2, 0.25) is 0 Å². The molecule has 0 saturated carbocycles. The number of phenols is 9. The van der Waals surface area contributed by atoms with Crippen molar-refractivity contribution in [3.8, 4) is 74.3 Å². The molecule has 13 nitrogen and oxygen atoms in total. The van der Waals surface area contributed by atoms with Crippen LogP contribution in [0.2, 0.25) is 0 Å². The molecule has 1 unspecified atom stereocenters. The molecule has 0 fully saturated rings. The van der Waals surface area contributed by atoms with E-state index in [2.05, 4.69) is 6.08 Å². The van der Waals surface area contributed by atoms with Crippen molar-refractivity contribution >= 4 is 86.3 Å². The van der Waals surface area contributed by atoms with E-state index in [0.29, 0.717) is 28.7 Å². The SMILES string of the molecule is Bc1cc(O)c2oc3c(O)cc(O)c(-c4nc(C5=CC=C6C=CC=CC6C5)nc(C(/C=C\Cc5c(B)c(O)c(-c6c(O)c(B)c(B)c(O)c6O)c(O)c5O)=C/C)n4)c3c2c1. The Morgan fingerprint density at radius 1 is 0.700 bits per heavy atom. The lowest BCUT2D eigenvalue weighted by Gasteiger charge is -2.22. The quantitative estimate of drug-likeness (QED) is 0.0478. The molecule has 2 aliphatic rings. The van der Waals surface area contributed by atoms with Crippen molar-refractivity contribution in [2.45, 2.75) is 19.8 Å². The van der Waals surface area contributed by atoms with Gasteiger partial charge in [-0.15, -0.1) is 0 Å². The molecule has 4 aromatic carbocycles. The second kappa shape index (κ2) is 14.8. The Bertz CT molecular complexity index is 3000. The Hall–Kier alpha value is -7.41. The normalized spacial score (nSPS) is 15.2. The number of furan rings is 1. The largest absolute Gasteiger partial charge is 0.508 e. The molecule has 0 radical (unpaired) electrons. The van der Waals surface area contributed by atoms with Crippen molar-refractivity contribution in [3.05, 3.63) is 95.7 Å². The minimum absolute atomic E-state index is 0.0180. The van der Waals surface area contributed by atoms with Gasteiger partial charge in [0.05, 0.1) is 16.7 Å². The Morgan fingerprint density at radius 3 is 2.10 bits per heavy atom. The number of allylic oxidation sites excluding steroid dienone is 12. The fourth-order valence-corrected chi connectivity index (χ4v) is 7.92. The summed E-state index contributed by atoms with van der Waals surface area (Å²) in [7, 11) is 6.27. The van der Waals surface area contributed by atoms with Gasteiger partial charge in [0, 0.05) is 28.3 Å². The van der Waals surface area contributed by atoms with E-state index in [1.807, 2.05) is 30.4 Å². The van der Waals surface area contributed by atoms with Gasteiger partial charge in [-0.2, -0.15) is 0 Å². The number of aromatic hydroxyl groups is 9. The fourth-order valence-electron chi connectivity index (χ4n) is 7.92. The molecule has 0 bridgehead atoms. The van der Waals surface area contributed by atoms with Crippen LogP contribution in [-0.4, -0.2) is 92.3 Å². The second-order valence-electron chi connectivity index (χ2n) is 15.0. The van der Waals surface area contributed by atoms with Crippen LogP contribution in [0.1, 0.15) is 30.6 Å². The van der Waals surface area contributed by atoms with Gasteiger partial charge in [-0.25, -0.2) is 15.0 Å². The molecular weight excluding hydrogens is 762 g/mol. The van der Waals surface area contributed by atoms with Gasteiger partial charge < -0.3 is 50.4 Å². The zero-order chi connectivity index (χ0) is 42.9. The van der Waals surface area contributed by atoms with Crippen LogP contribution in [0.3, 0.4) is 0 Å². The second-order valence-corrected chi connectivity index (χ2v) is 15.0. The fraction of sp³-hybridized carbons (Fsp3) is 0.0930. The standard InChI is InChI=1S/C43H37B4N3O10/c1-2-16(8-5-9-21-30(45)34(55)28(36(57)33(21)54)29-35(56)31(46)32(47)38(59)37(29)58)41-48-42(19-11-10-17-6-3-4-7-18(17)12-19)50-43(49-41)27-23(51)15-25(53)40-26(27)22-13-20(44)14-24(52)39(22)60-40/h2-8,10-11,13-15,18,51-59H,9,12,44-47H2,1H3/b8-5-,16-2+. The van der Waals surface area contributed by atoms with Crippen LogP contribution in [0.4, 0.5) is 0 Å². The van der Waals surface area contributed by atoms with Gasteiger partial charge in [0.15, 0.2) is 63.1 Å². The number of phenolic OH excluding ortho intramolecular Hbond substituents is 9. The molecule has 2 heterocycles. The zero-order valence-electron chi connectivity index (χ0n) is 33.2. The van der Waals surface area contributed by atoms with Crippen molar-refractivity contribution in [1.29, 1.82) is 0 Å². The molecule has 8 rings (SSSR count). The summed E-state index contributed by atoms with van der Waals surface area (Å²) in [4.78, 5) is 14.6. The lowest BCUT2D eigenvalue weighted by atomic mass is 9.76. The van der Waals surface area contributed by atoms with E-state index in [1.54, 1.807) is 39.1 Å². The third kappa shape index (κ3) is 6.29. The maximum absolute atomic E-state index is 11.5. The average Bonchev–Trinajstić information content (AvgIpc) is 3.62. The van der Waals surface area contributed by atoms with E-state index in [0.717, 1.165) is 17.2 Å². The monoisotopic (exact) mass is 799 g/mol. The Balaban J connectivity index is 1.25. The van der Waals surface area contributed by atoms with Crippen molar-refractivity contribution in [2.24, 2.45) is 5.92 Å². The zero-order valence-corrected chi connectivity index (χ0v) is 33.2. The van der Waals surface area contributed by atoms with E-state index in [9.17, 15) is 46.0 Å². The molecule has 60 heavy (non-hydrogen) atoms. The highest BCUT2D eigenvalue weighted by atomic mass is 16.4. The molecule has 296 valence electrons. The number of hydrogen-bond acceptors (Lipinski definition) is 13. The van der Waals surface area contributed by atoms with Gasteiger partial charge >= 0.3 is 0 Å². The number of nitrogens with zero attached hydrogens (tertiary/aromatic N) is 3. The number of fused-ring (bicyclic) bond motifs is 4. The highest BCUT2D eigenvalue weighted by Crippen LogP contribution is 2.51. The Morgan fingerprint density at radius 2 is 1.37 bits per heavy atom. The molecular formula is C43H37B4N3O10. The first kappa shape index (κ1) is 39.4. The summed E-state index contributed by atoms with van der Waals surface area (Å²) in [6, 6.07) is 4.43. The topological polar surface area (TPSA) is 234 Å². The molecule has 2 aliphatic carbocycles. The first-order chi connectivity index (χ1) is 28.6. The van der Waals surface area contributed by atoms with Crippen LogP contribution in [-0.2, 0) is 6.42 Å². The Labute approximate surface area is 346 Å². The summed E-state index contributed by atoms with van der Waals surface area (Å²) >= 11 is 0. The minimum atomic E-state index is -0.815. The van der Waals surface area contributed by atoms with Crippen LogP contribution >= 0.6 is 0 Å². The van der Waals surface area contributed by atoms with Gasteiger partial charge in [-0.05, 0) is 58.9 Å². The van der Waals surface area contributed by atoms with E-state index >= 15 is 0 Å². The molecule has 0 saturated heterocycles. The molecule has 0 spiro atoms. The summed E-state index contributed by atoms with van der Waals surface area (Å²) in [5, 5.41) is 99.8. The van der Waals surface area contributed by atoms with Gasteiger partial charge in [-0.3, -0.25) is 0 Å². The lowest BCUT2D eigenvalue weighted by Crippen LogP contribution is -2.26. The van der Waals surface area contributed by atoms with Crippen LogP contribution in [0.5, 0.6) is 51.7 Å². The molecule has 1 atom stereocenters. The minimum Gasteiger partial charge on any atom is -0.508 e. The van der Waals surface area contributed by atoms with Crippen molar-refractivity contribution in [1.82, 2.24) is 15.0 Å². The van der Waals surface area contributed by atoms with Gasteiger partial charge in [0.1, 0.15) is 48.6 Å². The summed E-state index contributed by atoms with van der Waals surface area (Å²) in [6.07, 6.45) is 17.7. The number of benzene rings is 4. The van der Waals surface area contributed by atoms with Crippen molar-refractivity contribution in [3.63, 3.8) is 0 Å². The van der Waals surface area contributed by atoms with Crippen LogP contribution in [0.25, 0.3) is 55.6 Å². The summed E-state index contributed by atoms with van der Waals surface area (Å²) in [5.74, 6) is -3.92. The first-order valence-electron chi connectivity index (χ1n) is 19.1. The smallest absolute Gasteiger partial charge is 0.178 e. The third-order valence-electron chi connectivity index (χ3n) is 11.4. The molecule has 6 aromatic rings. The molecule has 0 amide bonds. The summed E-state index contributed by atoms with van der Waals surface area (Å²) in [6.45, 7) is 1.77. The van der Waals surface area contributed by atoms with Crippen LogP contribution < -0.4 is 21.9 Å². The summed E-state index contributed by atoms with van der Waals surface area (Å²) < 4.78 is 5.95. The van der Waals surface area contributed by atoms with E-state index in [-0.39, 0.29) is 85.3 Å². The maximum atomic E-state index is 11.5. The summed E-state index contributed by atoms with van der Waals surface area (Å²) in [5.41, 5.74) is 3.19. The first-order valence-corrected chi connectivity index (χ1v) is 19.1. The number of hydrogen-bond donors (Lipinski definition) is 9. The molecule has 2 aromatic heterocycles. The molecule has 17 heteroatoms. The predicted molar refractivity (Wildman–Crippen MR) is 241 cm³/mol. The van der Waals surface area contributed by atoms with Gasteiger partial charge in [-0.1, -0.05) is 66.2 Å². The highest BCUT2D eigenvalue weighted by Gasteiger charge is 2.30. The van der Waals surface area contributed by atoms with Crippen LogP contribution in [0, 0.1) is 5.92 Å². The Kier molecular flexibility index (Phi) is 9.69. The lowest BCUT2D eigenvalue weighted by molar-refractivity contribution is 0.391. The van der Waals surface area contributed by atoms with E-state index in [4.69, 9.17) is 19.4 Å². The van der Waals surface area contributed by atoms with Crippen molar-refractivity contribution in [2.75, 3.05) is 0 Å². The van der Waals surface area contributed by atoms with Crippen LogP contribution in [0.15, 0.2) is 82.9 Å². The highest BCUT2D eigenvalue weighted by molar-refractivity contribution is 6.52. The molecule has 0 aliphatic heterocycles. The van der Waals surface area contributed by atoms with E-state index in [1.165, 1.54) is 29.6 Å². The number of aromatic nitrogens is 3. The van der Waals surface area contributed by atoms with Gasteiger partial charge in [0.25, 0.3) is 0 Å². The maximum Gasteiger partial charge on any atom is 0.178 e. The molecule has 9 N–H and O–H groups in total.